The van der Waals surface area contributed by atoms with Gasteiger partial charge < -0.3 is 15.2 Å². The Balaban J connectivity index is 0.00000134. The number of carbonyl (C=O) groups is 2. The fraction of sp³-hybridized carbons (Fsp3) is 0.385. The predicted molar refractivity (Wildman–Crippen MR) is 143 cm³/mol. The molecule has 0 aliphatic carbocycles. The monoisotopic (exact) mass is 584 g/mol. The first-order valence-corrected chi connectivity index (χ1v) is 13.3. The highest BCUT2D eigenvalue weighted by molar-refractivity contribution is 7.11. The van der Waals surface area contributed by atoms with Gasteiger partial charge in [0.25, 0.3) is 12.4 Å². The smallest absolute Gasteiger partial charge is 0.338 e. The first-order valence-electron chi connectivity index (χ1n) is 12.1. The maximum absolute atomic E-state index is 14.9. The molecule has 13 heteroatoms. The van der Waals surface area contributed by atoms with Crippen molar-refractivity contribution in [1.82, 2.24) is 15.2 Å². The zero-order valence-corrected chi connectivity index (χ0v) is 22.8. The van der Waals surface area contributed by atoms with Crippen LogP contribution >= 0.6 is 22.9 Å². The molecule has 1 aromatic carbocycles. The number of nitrogens with zero attached hydrogens (tertiary/aromatic N) is 3. The molecule has 8 nitrogen and oxygen atoms in total. The highest BCUT2D eigenvalue weighted by Crippen LogP contribution is 2.38. The Bertz CT molecular complexity index is 1250. The van der Waals surface area contributed by atoms with E-state index in [2.05, 4.69) is 10.3 Å². The lowest BCUT2D eigenvalue weighted by atomic mass is 9.91. The maximum atomic E-state index is 14.9. The molecule has 0 saturated carbocycles. The normalized spacial score (nSPS) is 21.0. The maximum Gasteiger partial charge on any atom is 0.338 e. The van der Waals surface area contributed by atoms with E-state index < -0.39 is 36.2 Å². The topological polar surface area (TPSA) is 104 Å². The molecule has 0 radical (unpaired) electrons. The van der Waals surface area contributed by atoms with Gasteiger partial charge in [-0.05, 0) is 38.9 Å². The number of carboxylic acid groups (broad SMARTS) is 1. The molecule has 1 saturated heterocycles. The SMILES string of the molecule is C/C=C/C1CCN(CC2=C(C(=O)OCC)[C@H](c3ccc(F)cc3Cl)N=C(c3nccs3)N2)CC1(F)F.O=CO. The number of aliphatic imine (C=N–C) groups is 1. The minimum atomic E-state index is -2.92. The second-order valence-electron chi connectivity index (χ2n) is 8.62. The van der Waals surface area contributed by atoms with Gasteiger partial charge in [-0.2, -0.15) is 0 Å². The molecule has 210 valence electrons. The Morgan fingerprint density at radius 1 is 1.41 bits per heavy atom. The van der Waals surface area contributed by atoms with Crippen LogP contribution in [0.5, 0.6) is 0 Å². The lowest BCUT2D eigenvalue weighted by Crippen LogP contribution is -2.50. The van der Waals surface area contributed by atoms with Crippen molar-refractivity contribution < 1.29 is 32.6 Å². The summed E-state index contributed by atoms with van der Waals surface area (Å²) in [6, 6.07) is 2.90. The molecular weight excluding hydrogens is 557 g/mol. The van der Waals surface area contributed by atoms with Crippen molar-refractivity contribution in [2.24, 2.45) is 10.9 Å². The summed E-state index contributed by atoms with van der Waals surface area (Å²) < 4.78 is 48.9. The second kappa shape index (κ2) is 13.7. The largest absolute Gasteiger partial charge is 0.483 e. The number of halogens is 4. The second-order valence-corrected chi connectivity index (χ2v) is 9.92. The van der Waals surface area contributed by atoms with Crippen LogP contribution in [0.25, 0.3) is 0 Å². The Hall–Kier alpha value is -3.22. The van der Waals surface area contributed by atoms with Crippen molar-refractivity contribution in [2.45, 2.75) is 32.2 Å². The van der Waals surface area contributed by atoms with E-state index in [0.717, 1.165) is 6.07 Å². The van der Waals surface area contributed by atoms with Gasteiger partial charge in [0.05, 0.1) is 18.7 Å². The average molecular weight is 585 g/mol. The summed E-state index contributed by atoms with van der Waals surface area (Å²) in [7, 11) is 0. The van der Waals surface area contributed by atoms with Gasteiger partial charge in [-0.3, -0.25) is 14.7 Å². The number of carbonyl (C=O) groups excluding carboxylic acids is 1. The van der Waals surface area contributed by atoms with E-state index in [1.54, 1.807) is 42.5 Å². The quantitative estimate of drug-likeness (QED) is 0.266. The Morgan fingerprint density at radius 2 is 2.15 bits per heavy atom. The van der Waals surface area contributed by atoms with Crippen molar-refractivity contribution in [3.63, 3.8) is 0 Å². The van der Waals surface area contributed by atoms with Crippen LogP contribution in [0.3, 0.4) is 0 Å². The number of ether oxygens (including phenoxy) is 1. The van der Waals surface area contributed by atoms with Crippen LogP contribution in [0.4, 0.5) is 13.2 Å². The Morgan fingerprint density at radius 3 is 2.74 bits per heavy atom. The molecule has 2 N–H and O–H groups in total. The van der Waals surface area contributed by atoms with Gasteiger partial charge in [0.15, 0.2) is 10.8 Å². The molecule has 2 atom stereocenters. The van der Waals surface area contributed by atoms with Crippen LogP contribution in [-0.4, -0.2) is 65.4 Å². The van der Waals surface area contributed by atoms with Gasteiger partial charge in [0, 0.05) is 40.3 Å². The number of allylic oxidation sites excluding steroid dienone is 2. The number of amidine groups is 1. The zero-order chi connectivity index (χ0) is 28.6. The molecule has 2 aromatic rings. The highest BCUT2D eigenvalue weighted by atomic mass is 35.5. The molecule has 0 bridgehead atoms. The molecule has 0 amide bonds. The summed E-state index contributed by atoms with van der Waals surface area (Å²) in [6.45, 7) is 3.24. The van der Waals surface area contributed by atoms with Gasteiger partial charge in [-0.1, -0.05) is 29.8 Å². The first kappa shape index (κ1) is 30.3. The number of esters is 1. The van der Waals surface area contributed by atoms with Crippen LogP contribution in [0, 0.1) is 11.7 Å². The average Bonchev–Trinajstić information content (AvgIpc) is 3.41. The molecule has 1 fully saturated rings. The number of nitrogens with one attached hydrogen (secondary N) is 1. The van der Waals surface area contributed by atoms with E-state index in [1.165, 1.54) is 23.5 Å². The van der Waals surface area contributed by atoms with Gasteiger partial charge >= 0.3 is 5.97 Å². The van der Waals surface area contributed by atoms with Gasteiger partial charge in [-0.15, -0.1) is 11.3 Å². The van der Waals surface area contributed by atoms with Crippen molar-refractivity contribution in [2.75, 3.05) is 26.2 Å². The molecular formula is C26H28ClF3N4O4S. The molecule has 2 aliphatic rings. The third kappa shape index (κ3) is 7.46. The summed E-state index contributed by atoms with van der Waals surface area (Å²) in [4.78, 5) is 32.1. The minimum Gasteiger partial charge on any atom is -0.483 e. The predicted octanol–water partition coefficient (Wildman–Crippen LogP) is 5.08. The summed E-state index contributed by atoms with van der Waals surface area (Å²) >= 11 is 7.70. The highest BCUT2D eigenvalue weighted by Gasteiger charge is 2.44. The number of thiazole rings is 1. The molecule has 3 heterocycles. The van der Waals surface area contributed by atoms with Gasteiger partial charge in [0.2, 0.25) is 0 Å². The van der Waals surface area contributed by atoms with Crippen molar-refractivity contribution in [3.05, 3.63) is 74.6 Å². The van der Waals surface area contributed by atoms with E-state index in [9.17, 15) is 18.0 Å². The number of alkyl halides is 2. The van der Waals surface area contributed by atoms with E-state index in [0.29, 0.717) is 28.6 Å². The summed E-state index contributed by atoms with van der Waals surface area (Å²) in [5, 5.41) is 12.4. The first-order chi connectivity index (χ1) is 18.6. The number of piperidine rings is 1. The lowest BCUT2D eigenvalue weighted by Gasteiger charge is -2.38. The molecule has 4 rings (SSSR count). The molecule has 2 aliphatic heterocycles. The van der Waals surface area contributed by atoms with Crippen molar-refractivity contribution in [1.29, 1.82) is 0 Å². The van der Waals surface area contributed by atoms with E-state index >= 15 is 0 Å². The third-order valence-corrected chi connectivity index (χ3v) is 7.16. The van der Waals surface area contributed by atoms with Crippen LogP contribution < -0.4 is 5.32 Å². The van der Waals surface area contributed by atoms with Crippen LogP contribution in [0.1, 0.15) is 36.9 Å². The summed E-state index contributed by atoms with van der Waals surface area (Å²) in [5.74, 6) is -4.57. The number of aromatic nitrogens is 1. The van der Waals surface area contributed by atoms with Gasteiger partial charge in [-0.25, -0.2) is 22.9 Å². The fourth-order valence-electron chi connectivity index (χ4n) is 4.42. The van der Waals surface area contributed by atoms with Crippen LogP contribution in [-0.2, 0) is 14.3 Å². The minimum absolute atomic E-state index is 0.0337. The van der Waals surface area contributed by atoms with E-state index in [1.807, 2.05) is 0 Å². The Kier molecular flexibility index (Phi) is 10.7. The standard InChI is InChI=1S/C25H26ClF3N4O2S.CH2O2/c1-3-5-15-8-10-33(14-25(15,28)29)13-19-20(24(34)35-4-2)21(17-7-6-16(27)12-18(17)26)32-22(31-19)23-30-9-11-36-23;2-1-3/h3,5-7,9,11-12,15,21H,4,8,10,13-14H2,1-2H3,(H,31,32);1H,(H,2,3)/b5-3+;/t15?,21-;/m0./s1. The van der Waals surface area contributed by atoms with E-state index in [4.69, 9.17) is 31.2 Å². The lowest BCUT2D eigenvalue weighted by molar-refractivity contribution is -0.139. The number of rotatable bonds is 7. The number of hydrogen-bond donors (Lipinski definition) is 2. The number of hydrogen-bond acceptors (Lipinski definition) is 8. The summed E-state index contributed by atoms with van der Waals surface area (Å²) in [5.41, 5.74) is 0.912. The molecule has 1 unspecified atom stereocenters. The Labute approximate surface area is 232 Å². The van der Waals surface area contributed by atoms with Crippen LogP contribution in [0.15, 0.2) is 58.2 Å². The fourth-order valence-corrected chi connectivity index (χ4v) is 5.28. The van der Waals surface area contributed by atoms with Crippen molar-refractivity contribution >= 4 is 41.2 Å². The zero-order valence-electron chi connectivity index (χ0n) is 21.2. The third-order valence-electron chi connectivity index (χ3n) is 6.05. The molecule has 1 aromatic heterocycles. The molecule has 39 heavy (non-hydrogen) atoms. The number of benzene rings is 1. The summed E-state index contributed by atoms with van der Waals surface area (Å²) in [6.07, 6.45) is 5.08. The molecule has 0 spiro atoms. The van der Waals surface area contributed by atoms with Crippen LogP contribution in [0.2, 0.25) is 5.02 Å². The number of likely N-dealkylation sites (tertiary alicyclic amines) is 1. The van der Waals surface area contributed by atoms with E-state index in [-0.39, 0.29) is 36.6 Å². The van der Waals surface area contributed by atoms with Gasteiger partial charge in [0.1, 0.15) is 11.9 Å². The van der Waals surface area contributed by atoms with Crippen molar-refractivity contribution in [3.8, 4) is 0 Å².